The van der Waals surface area contributed by atoms with E-state index in [9.17, 15) is 0 Å². The van der Waals surface area contributed by atoms with E-state index in [0.717, 1.165) is 16.6 Å². The molecule has 0 aromatic carbocycles. The molecular weight excluding hydrogens is 222 g/mol. The summed E-state index contributed by atoms with van der Waals surface area (Å²) in [6.45, 7) is 20.4. The molecule has 0 aliphatic carbocycles. The molecule has 0 saturated heterocycles. The second-order valence-corrected chi connectivity index (χ2v) is 13.0. The van der Waals surface area contributed by atoms with E-state index in [1.807, 2.05) is 0 Å². The highest BCUT2D eigenvalue weighted by molar-refractivity contribution is 6.83. The highest BCUT2D eigenvalue weighted by Crippen LogP contribution is 2.44. The third-order valence-corrected chi connectivity index (χ3v) is 12.2. The van der Waals surface area contributed by atoms with E-state index in [2.05, 4.69) is 60.7 Å². The van der Waals surface area contributed by atoms with Crippen molar-refractivity contribution in [1.29, 1.82) is 0 Å². The van der Waals surface area contributed by atoms with Crippen LogP contribution in [0.25, 0.3) is 0 Å². The maximum absolute atomic E-state index is 3.56. The summed E-state index contributed by atoms with van der Waals surface area (Å²) in [5.41, 5.74) is 2.71. The highest BCUT2D eigenvalue weighted by Gasteiger charge is 2.41. The molecule has 0 radical (unpaired) electrons. The van der Waals surface area contributed by atoms with Crippen LogP contribution in [0.3, 0.4) is 0 Å². The Bertz CT molecular complexity index is 175. The zero-order valence-electron chi connectivity index (χ0n) is 13.4. The van der Waals surface area contributed by atoms with Crippen molar-refractivity contribution in [3.05, 3.63) is 0 Å². The fourth-order valence-electron chi connectivity index (χ4n) is 3.65. The largest absolute Gasteiger partial charge is 0.315 e. The third-order valence-electron chi connectivity index (χ3n) is 4.56. The monoisotopic (exact) mass is 257 g/mol. The predicted molar refractivity (Wildman–Crippen MR) is 83.6 cm³/mol. The van der Waals surface area contributed by atoms with Crippen LogP contribution in [0, 0.1) is 0 Å². The molecule has 0 spiro atoms. The van der Waals surface area contributed by atoms with E-state index >= 15 is 0 Å². The van der Waals surface area contributed by atoms with E-state index in [-0.39, 0.29) is 0 Å². The number of rotatable bonds is 8. The number of nitrogens with one attached hydrogen (secondary N) is 1. The molecule has 0 amide bonds. The molecule has 0 rings (SSSR count). The maximum Gasteiger partial charge on any atom is 0.0613 e. The molecule has 2 heteroatoms. The Morgan fingerprint density at radius 3 is 1.47 bits per heavy atom. The van der Waals surface area contributed by atoms with Gasteiger partial charge in [0.05, 0.1) is 8.07 Å². The van der Waals surface area contributed by atoms with Crippen LogP contribution < -0.4 is 5.32 Å². The standard InChI is InChI=1S/C15H35NSi/c1-12(2)16-10-9-11-17(13(3)4,14(5)6)15(7)8/h12-16H,9-11H2,1-8H3. The fourth-order valence-corrected chi connectivity index (χ4v) is 10.2. The molecule has 0 saturated carbocycles. The minimum atomic E-state index is -1.14. The van der Waals surface area contributed by atoms with E-state index in [0.29, 0.717) is 6.04 Å². The van der Waals surface area contributed by atoms with Crippen molar-refractivity contribution in [3.8, 4) is 0 Å². The minimum absolute atomic E-state index is 0.628. The Balaban J connectivity index is 4.49. The maximum atomic E-state index is 3.56. The van der Waals surface area contributed by atoms with E-state index in [4.69, 9.17) is 0 Å². The van der Waals surface area contributed by atoms with Crippen LogP contribution in [0.15, 0.2) is 0 Å². The van der Waals surface area contributed by atoms with E-state index < -0.39 is 8.07 Å². The zero-order valence-corrected chi connectivity index (χ0v) is 14.4. The molecule has 1 nitrogen and oxygen atoms in total. The Hall–Kier alpha value is 0.177. The summed E-state index contributed by atoms with van der Waals surface area (Å²) < 4.78 is 0. The summed E-state index contributed by atoms with van der Waals surface area (Å²) in [5, 5.41) is 3.56. The topological polar surface area (TPSA) is 12.0 Å². The Kier molecular flexibility index (Phi) is 7.66. The first-order valence-electron chi connectivity index (χ1n) is 7.48. The van der Waals surface area contributed by atoms with Crippen LogP contribution in [0.4, 0.5) is 0 Å². The Morgan fingerprint density at radius 1 is 0.765 bits per heavy atom. The summed E-state index contributed by atoms with van der Waals surface area (Å²) in [6, 6.07) is 2.11. The lowest BCUT2D eigenvalue weighted by atomic mass is 10.4. The van der Waals surface area contributed by atoms with Gasteiger partial charge in [0.15, 0.2) is 0 Å². The van der Waals surface area contributed by atoms with Crippen molar-refractivity contribution >= 4 is 8.07 Å². The number of hydrogen-bond acceptors (Lipinski definition) is 1. The van der Waals surface area contributed by atoms with Gasteiger partial charge in [-0.15, -0.1) is 0 Å². The van der Waals surface area contributed by atoms with Gasteiger partial charge in [-0.25, -0.2) is 0 Å². The van der Waals surface area contributed by atoms with Gasteiger partial charge < -0.3 is 5.32 Å². The van der Waals surface area contributed by atoms with Gasteiger partial charge in [0.25, 0.3) is 0 Å². The molecule has 0 bridgehead atoms. The lowest BCUT2D eigenvalue weighted by molar-refractivity contribution is 0.578. The second kappa shape index (κ2) is 7.58. The molecule has 0 aromatic rings. The summed E-state index contributed by atoms with van der Waals surface area (Å²) in [4.78, 5) is 0. The molecule has 0 aromatic heterocycles. The lowest BCUT2D eigenvalue weighted by Gasteiger charge is -2.43. The van der Waals surface area contributed by atoms with Crippen LogP contribution in [0.5, 0.6) is 0 Å². The van der Waals surface area contributed by atoms with Crippen LogP contribution in [-0.2, 0) is 0 Å². The molecule has 17 heavy (non-hydrogen) atoms. The van der Waals surface area contributed by atoms with Crippen LogP contribution >= 0.6 is 0 Å². The SMILES string of the molecule is CC(C)NCCC[Si](C(C)C)(C(C)C)C(C)C. The normalized spacial score (nSPS) is 13.4. The quantitative estimate of drug-likeness (QED) is 0.474. The van der Waals surface area contributed by atoms with Crippen LogP contribution in [-0.4, -0.2) is 20.7 Å². The molecule has 0 aliphatic rings. The molecule has 0 unspecified atom stereocenters. The Labute approximate surface area is 111 Å². The van der Waals surface area contributed by atoms with Crippen molar-refractivity contribution in [3.63, 3.8) is 0 Å². The third kappa shape index (κ3) is 4.74. The Morgan fingerprint density at radius 2 is 1.18 bits per heavy atom. The second-order valence-electron chi connectivity index (χ2n) is 6.79. The van der Waals surface area contributed by atoms with Crippen molar-refractivity contribution < 1.29 is 0 Å². The van der Waals surface area contributed by atoms with Gasteiger partial charge >= 0.3 is 0 Å². The first kappa shape index (κ1) is 17.2. The van der Waals surface area contributed by atoms with Crippen molar-refractivity contribution in [2.24, 2.45) is 0 Å². The van der Waals surface area contributed by atoms with E-state index in [1.54, 1.807) is 0 Å². The molecule has 0 atom stereocenters. The first-order chi connectivity index (χ1) is 7.75. The van der Waals surface area contributed by atoms with Gasteiger partial charge in [-0.3, -0.25) is 0 Å². The van der Waals surface area contributed by atoms with Gasteiger partial charge in [0, 0.05) is 6.04 Å². The zero-order chi connectivity index (χ0) is 13.6. The average molecular weight is 258 g/mol. The van der Waals surface area contributed by atoms with Gasteiger partial charge in [-0.1, -0.05) is 78.1 Å². The molecule has 1 N–H and O–H groups in total. The van der Waals surface area contributed by atoms with Gasteiger partial charge in [0.2, 0.25) is 0 Å². The van der Waals surface area contributed by atoms with E-state index in [1.165, 1.54) is 19.0 Å². The summed E-state index contributed by atoms with van der Waals surface area (Å²) in [5.74, 6) is 0. The van der Waals surface area contributed by atoms with Crippen LogP contribution in [0.1, 0.15) is 61.8 Å². The van der Waals surface area contributed by atoms with Gasteiger partial charge in [0.1, 0.15) is 0 Å². The average Bonchev–Trinajstić information content (AvgIpc) is 2.15. The minimum Gasteiger partial charge on any atom is -0.315 e. The molecule has 104 valence electrons. The summed E-state index contributed by atoms with van der Waals surface area (Å²) in [7, 11) is -1.14. The van der Waals surface area contributed by atoms with Gasteiger partial charge in [-0.05, 0) is 13.0 Å². The molecule has 0 fully saturated rings. The van der Waals surface area contributed by atoms with Crippen molar-refractivity contribution in [1.82, 2.24) is 5.32 Å². The predicted octanol–water partition coefficient (Wildman–Crippen LogP) is 5.05. The van der Waals surface area contributed by atoms with Crippen molar-refractivity contribution in [2.75, 3.05) is 6.54 Å². The lowest BCUT2D eigenvalue weighted by Crippen LogP contribution is -2.44. The highest BCUT2D eigenvalue weighted by atomic mass is 28.3. The number of hydrogen-bond donors (Lipinski definition) is 1. The summed E-state index contributed by atoms with van der Waals surface area (Å²) in [6.07, 6.45) is 1.36. The first-order valence-corrected chi connectivity index (χ1v) is 9.92. The smallest absolute Gasteiger partial charge is 0.0613 e. The van der Waals surface area contributed by atoms with Crippen molar-refractivity contribution in [2.45, 2.75) is 90.5 Å². The molecule has 0 heterocycles. The summed E-state index contributed by atoms with van der Waals surface area (Å²) >= 11 is 0. The fraction of sp³-hybridized carbons (Fsp3) is 1.00. The molecule has 0 aliphatic heterocycles. The van der Waals surface area contributed by atoms with Crippen LogP contribution in [0.2, 0.25) is 22.7 Å². The molecular formula is C15H35NSi. The van der Waals surface area contributed by atoms with Gasteiger partial charge in [-0.2, -0.15) is 0 Å².